The average Bonchev–Trinajstić information content (AvgIpc) is 2.75. The van der Waals surface area contributed by atoms with Gasteiger partial charge < -0.3 is 10.6 Å². The number of rotatable bonds is 6. The van der Waals surface area contributed by atoms with Crippen LogP contribution in [0.25, 0.3) is 0 Å². The van der Waals surface area contributed by atoms with E-state index in [4.69, 9.17) is 0 Å². The molecular weight excluding hydrogens is 416 g/mol. The van der Waals surface area contributed by atoms with Crippen molar-refractivity contribution in [2.45, 2.75) is 36.6 Å². The monoisotopic (exact) mass is 442 g/mol. The second kappa shape index (κ2) is 9.17. The van der Waals surface area contributed by atoms with E-state index in [1.807, 2.05) is 35.2 Å². The number of para-hydroxylation sites is 1. The lowest BCUT2D eigenvalue weighted by atomic mass is 10.0. The molecule has 3 N–H and O–H groups in total. The summed E-state index contributed by atoms with van der Waals surface area (Å²) < 4.78 is 28.5. The van der Waals surface area contributed by atoms with Gasteiger partial charge >= 0.3 is 0 Å². The van der Waals surface area contributed by atoms with Crippen molar-refractivity contribution in [1.29, 1.82) is 0 Å². The molecule has 0 unspecified atom stereocenters. The fourth-order valence-electron chi connectivity index (χ4n) is 3.95. The van der Waals surface area contributed by atoms with E-state index < -0.39 is 10.0 Å². The summed E-state index contributed by atoms with van der Waals surface area (Å²) in [4.78, 5) is 26.0. The third kappa shape index (κ3) is 5.49. The molecule has 2 aromatic carbocycles. The summed E-state index contributed by atoms with van der Waals surface area (Å²) in [5, 5.41) is 5.63. The number of benzene rings is 2. The number of likely N-dealkylation sites (tertiary alicyclic amines) is 1. The third-order valence-corrected chi connectivity index (χ3v) is 7.13. The maximum absolute atomic E-state index is 12.8. The van der Waals surface area contributed by atoms with Crippen LogP contribution in [0.4, 0.5) is 11.4 Å². The molecule has 1 fully saturated rings. The van der Waals surface area contributed by atoms with Gasteiger partial charge in [0.1, 0.15) is 0 Å². The lowest BCUT2D eigenvalue weighted by Crippen LogP contribution is -2.46. The molecule has 0 radical (unpaired) electrons. The Morgan fingerprint density at radius 1 is 1.06 bits per heavy atom. The van der Waals surface area contributed by atoms with Crippen LogP contribution >= 0.6 is 0 Å². The van der Waals surface area contributed by atoms with Gasteiger partial charge in [-0.05, 0) is 55.2 Å². The molecule has 31 heavy (non-hydrogen) atoms. The topological polar surface area (TPSA) is 108 Å². The van der Waals surface area contributed by atoms with Crippen molar-refractivity contribution in [1.82, 2.24) is 9.62 Å². The molecule has 0 saturated carbocycles. The minimum absolute atomic E-state index is 0.0505. The number of nitrogens with one attached hydrogen (secondary N) is 3. The fraction of sp³-hybridized carbons (Fsp3) is 0.364. The predicted octanol–water partition coefficient (Wildman–Crippen LogP) is 1.95. The molecule has 164 valence electrons. The number of nitrogens with zero attached hydrogens (tertiary/aromatic N) is 1. The molecule has 2 heterocycles. The number of aryl methyl sites for hydroxylation is 1. The lowest BCUT2D eigenvalue weighted by Gasteiger charge is -2.31. The first-order valence-electron chi connectivity index (χ1n) is 10.4. The highest BCUT2D eigenvalue weighted by Crippen LogP contribution is 2.26. The van der Waals surface area contributed by atoms with Crippen LogP contribution in [0.5, 0.6) is 0 Å². The average molecular weight is 443 g/mol. The molecule has 1 saturated heterocycles. The molecule has 0 atom stereocenters. The highest BCUT2D eigenvalue weighted by molar-refractivity contribution is 7.89. The number of sulfonamides is 1. The number of piperidine rings is 1. The number of anilines is 2. The van der Waals surface area contributed by atoms with Crippen LogP contribution in [0.2, 0.25) is 0 Å². The molecule has 0 spiro atoms. The first-order valence-corrected chi connectivity index (χ1v) is 11.9. The SMILES string of the molecule is O=C(CN1CCC(NS(=O)(=O)c2ccc3c(c2)CCC(=O)N3)CC1)Nc1ccccc1. The Hall–Kier alpha value is -2.75. The standard InChI is InChI=1S/C22H26N4O4S/c27-21-9-6-16-14-19(7-8-20(16)24-21)31(29,30)25-18-10-12-26(13-11-18)15-22(28)23-17-4-2-1-3-5-17/h1-5,7-8,14,18,25H,6,9-13,15H2,(H,23,28)(H,24,27). The van der Waals surface area contributed by atoms with E-state index >= 15 is 0 Å². The minimum atomic E-state index is -3.65. The second-order valence-electron chi connectivity index (χ2n) is 7.95. The molecule has 2 amide bonds. The molecular formula is C22H26N4O4S. The smallest absolute Gasteiger partial charge is 0.240 e. The van der Waals surface area contributed by atoms with Crippen LogP contribution in [0.15, 0.2) is 53.4 Å². The second-order valence-corrected chi connectivity index (χ2v) is 9.67. The summed E-state index contributed by atoms with van der Waals surface area (Å²) in [6, 6.07) is 13.9. The zero-order chi connectivity index (χ0) is 21.8. The van der Waals surface area contributed by atoms with Gasteiger partial charge in [-0.25, -0.2) is 13.1 Å². The van der Waals surface area contributed by atoms with E-state index in [1.165, 1.54) is 6.07 Å². The zero-order valence-corrected chi connectivity index (χ0v) is 18.0. The van der Waals surface area contributed by atoms with Gasteiger partial charge in [-0.2, -0.15) is 0 Å². The summed E-state index contributed by atoms with van der Waals surface area (Å²) in [5.41, 5.74) is 2.28. The summed E-state index contributed by atoms with van der Waals surface area (Å²) >= 11 is 0. The van der Waals surface area contributed by atoms with Crippen LogP contribution in [-0.2, 0) is 26.0 Å². The fourth-order valence-corrected chi connectivity index (χ4v) is 5.30. The van der Waals surface area contributed by atoms with Gasteiger partial charge in [0.15, 0.2) is 0 Å². The number of hydrogen-bond donors (Lipinski definition) is 3. The summed E-state index contributed by atoms with van der Waals surface area (Å²) in [6.45, 7) is 1.57. The van der Waals surface area contributed by atoms with Crippen molar-refractivity contribution in [3.63, 3.8) is 0 Å². The van der Waals surface area contributed by atoms with Gasteiger partial charge in [-0.15, -0.1) is 0 Å². The molecule has 0 aliphatic carbocycles. The molecule has 2 aliphatic heterocycles. The Labute approximate surface area is 182 Å². The summed E-state index contributed by atoms with van der Waals surface area (Å²) in [5.74, 6) is -0.128. The number of carbonyl (C=O) groups is 2. The minimum Gasteiger partial charge on any atom is -0.326 e. The molecule has 0 bridgehead atoms. The number of hydrogen-bond acceptors (Lipinski definition) is 5. The van der Waals surface area contributed by atoms with Gasteiger partial charge in [0.05, 0.1) is 11.4 Å². The normalized spacial score (nSPS) is 17.6. The van der Waals surface area contributed by atoms with Gasteiger partial charge in [0.25, 0.3) is 0 Å². The molecule has 2 aromatic rings. The van der Waals surface area contributed by atoms with Crippen molar-refractivity contribution in [3.05, 3.63) is 54.1 Å². The Morgan fingerprint density at radius 3 is 2.55 bits per heavy atom. The lowest BCUT2D eigenvalue weighted by molar-refractivity contribution is -0.118. The van der Waals surface area contributed by atoms with Crippen molar-refractivity contribution >= 4 is 33.2 Å². The van der Waals surface area contributed by atoms with Crippen LogP contribution in [0, 0.1) is 0 Å². The number of carbonyl (C=O) groups excluding carboxylic acids is 2. The summed E-state index contributed by atoms with van der Waals surface area (Å²) in [7, 11) is -3.65. The number of fused-ring (bicyclic) bond motifs is 1. The highest BCUT2D eigenvalue weighted by Gasteiger charge is 2.26. The van der Waals surface area contributed by atoms with Gasteiger partial charge in [-0.3, -0.25) is 14.5 Å². The third-order valence-electron chi connectivity index (χ3n) is 5.62. The first kappa shape index (κ1) is 21.5. The van der Waals surface area contributed by atoms with E-state index in [-0.39, 0.29) is 29.3 Å². The molecule has 0 aromatic heterocycles. The molecule has 9 heteroatoms. The first-order chi connectivity index (χ1) is 14.9. The van der Waals surface area contributed by atoms with Crippen molar-refractivity contribution in [2.75, 3.05) is 30.3 Å². The summed E-state index contributed by atoms with van der Waals surface area (Å²) in [6.07, 6.45) is 2.17. The maximum atomic E-state index is 12.8. The Kier molecular flexibility index (Phi) is 6.35. The van der Waals surface area contributed by atoms with Crippen LogP contribution < -0.4 is 15.4 Å². The molecule has 4 rings (SSSR count). The van der Waals surface area contributed by atoms with Crippen LogP contribution in [-0.4, -0.2) is 50.8 Å². The van der Waals surface area contributed by atoms with E-state index in [2.05, 4.69) is 15.4 Å². The molecule has 8 nitrogen and oxygen atoms in total. The van der Waals surface area contributed by atoms with Crippen molar-refractivity contribution in [2.24, 2.45) is 0 Å². The zero-order valence-electron chi connectivity index (χ0n) is 17.1. The Morgan fingerprint density at radius 2 is 1.81 bits per heavy atom. The Bertz CT molecular complexity index is 1060. The molecule has 2 aliphatic rings. The van der Waals surface area contributed by atoms with Gasteiger partial charge in [0, 0.05) is 36.9 Å². The Balaban J connectivity index is 1.29. The van der Waals surface area contributed by atoms with E-state index in [9.17, 15) is 18.0 Å². The maximum Gasteiger partial charge on any atom is 0.240 e. The van der Waals surface area contributed by atoms with E-state index in [1.54, 1.807) is 12.1 Å². The van der Waals surface area contributed by atoms with E-state index in [0.29, 0.717) is 44.5 Å². The van der Waals surface area contributed by atoms with Gasteiger partial charge in [0.2, 0.25) is 21.8 Å². The predicted molar refractivity (Wildman–Crippen MR) is 118 cm³/mol. The quantitative estimate of drug-likeness (QED) is 0.634. The largest absolute Gasteiger partial charge is 0.326 e. The van der Waals surface area contributed by atoms with Gasteiger partial charge in [-0.1, -0.05) is 18.2 Å². The van der Waals surface area contributed by atoms with Crippen LogP contribution in [0.1, 0.15) is 24.8 Å². The van der Waals surface area contributed by atoms with E-state index in [0.717, 1.165) is 11.3 Å². The van der Waals surface area contributed by atoms with Crippen molar-refractivity contribution in [3.8, 4) is 0 Å². The number of amides is 2. The van der Waals surface area contributed by atoms with Crippen LogP contribution in [0.3, 0.4) is 0 Å². The highest BCUT2D eigenvalue weighted by atomic mass is 32.2. The van der Waals surface area contributed by atoms with Crippen molar-refractivity contribution < 1.29 is 18.0 Å².